The predicted octanol–water partition coefficient (Wildman–Crippen LogP) is 3.52. The first kappa shape index (κ1) is 13.3. The first-order valence-corrected chi connectivity index (χ1v) is 8.11. The Morgan fingerprint density at radius 2 is 2.20 bits per heavy atom. The first-order valence-electron chi connectivity index (χ1n) is 6.35. The van der Waals surface area contributed by atoms with E-state index in [1.54, 1.807) is 18.0 Å². The van der Waals surface area contributed by atoms with Gasteiger partial charge in [0, 0.05) is 29.4 Å². The van der Waals surface area contributed by atoms with Gasteiger partial charge in [0.1, 0.15) is 5.82 Å². The molecule has 3 rings (SSSR count). The third-order valence-electron chi connectivity index (χ3n) is 3.00. The fourth-order valence-electron chi connectivity index (χ4n) is 1.95. The van der Waals surface area contributed by atoms with Gasteiger partial charge in [-0.2, -0.15) is 4.37 Å². The van der Waals surface area contributed by atoms with Crippen molar-refractivity contribution in [2.75, 3.05) is 5.73 Å². The molecule has 0 fully saturated rings. The molecule has 0 aliphatic heterocycles. The van der Waals surface area contributed by atoms with Crippen LogP contribution in [0.5, 0.6) is 0 Å². The molecule has 0 saturated heterocycles. The standard InChI is InChI=1S/C14H14N4S2/c1-2-12-17-14(20-18-12)19-8-9-5-6-11(15)10-4-3-7-16-13(9)10/h3-7H,2,8,15H2,1H3. The minimum absolute atomic E-state index is 0.769. The second kappa shape index (κ2) is 5.76. The summed E-state index contributed by atoms with van der Waals surface area (Å²) < 4.78 is 5.30. The number of nitrogen functional groups attached to an aromatic ring is 1. The molecule has 0 unspecified atom stereocenters. The van der Waals surface area contributed by atoms with Crippen molar-refractivity contribution in [2.45, 2.75) is 23.4 Å². The molecule has 20 heavy (non-hydrogen) atoms. The fourth-order valence-corrected chi connectivity index (χ4v) is 3.63. The van der Waals surface area contributed by atoms with Gasteiger partial charge in [-0.1, -0.05) is 24.8 Å². The maximum Gasteiger partial charge on any atom is 0.170 e. The molecule has 2 N–H and O–H groups in total. The van der Waals surface area contributed by atoms with E-state index in [4.69, 9.17) is 5.73 Å². The lowest BCUT2D eigenvalue weighted by Crippen LogP contribution is -1.92. The predicted molar refractivity (Wildman–Crippen MR) is 85.0 cm³/mol. The molecule has 1 aromatic carbocycles. The van der Waals surface area contributed by atoms with Crippen LogP contribution in [0.15, 0.2) is 34.8 Å². The number of rotatable bonds is 4. The SMILES string of the molecule is CCc1nsc(SCc2ccc(N)c3cccnc23)n1. The van der Waals surface area contributed by atoms with Gasteiger partial charge >= 0.3 is 0 Å². The minimum Gasteiger partial charge on any atom is -0.398 e. The zero-order chi connectivity index (χ0) is 13.9. The van der Waals surface area contributed by atoms with Crippen LogP contribution >= 0.6 is 23.3 Å². The molecule has 2 heterocycles. The number of hydrogen-bond donors (Lipinski definition) is 1. The quantitative estimate of drug-likeness (QED) is 0.590. The molecule has 0 aliphatic carbocycles. The average Bonchev–Trinajstić information content (AvgIpc) is 2.95. The smallest absolute Gasteiger partial charge is 0.170 e. The van der Waals surface area contributed by atoms with Gasteiger partial charge < -0.3 is 5.73 Å². The maximum absolute atomic E-state index is 5.99. The zero-order valence-electron chi connectivity index (χ0n) is 11.0. The number of pyridine rings is 1. The van der Waals surface area contributed by atoms with Crippen LogP contribution in [0.3, 0.4) is 0 Å². The van der Waals surface area contributed by atoms with Crippen molar-refractivity contribution in [3.63, 3.8) is 0 Å². The largest absolute Gasteiger partial charge is 0.398 e. The van der Waals surface area contributed by atoms with Crippen molar-refractivity contribution in [2.24, 2.45) is 0 Å². The number of hydrogen-bond acceptors (Lipinski definition) is 6. The summed E-state index contributed by atoms with van der Waals surface area (Å²) in [5.41, 5.74) is 8.90. The third kappa shape index (κ3) is 2.62. The van der Waals surface area contributed by atoms with E-state index in [1.807, 2.05) is 24.3 Å². The van der Waals surface area contributed by atoms with E-state index < -0.39 is 0 Å². The third-order valence-corrected chi connectivity index (χ3v) is 4.92. The molecule has 4 nitrogen and oxygen atoms in total. The summed E-state index contributed by atoms with van der Waals surface area (Å²) in [5.74, 6) is 1.74. The van der Waals surface area contributed by atoms with E-state index in [9.17, 15) is 0 Å². The average molecular weight is 302 g/mol. The Bertz CT molecular complexity index is 739. The van der Waals surface area contributed by atoms with Gasteiger partial charge in [0.05, 0.1) is 5.52 Å². The highest BCUT2D eigenvalue weighted by molar-refractivity contribution is 8.00. The van der Waals surface area contributed by atoms with Crippen LogP contribution in [-0.2, 0) is 12.2 Å². The van der Waals surface area contributed by atoms with Crippen molar-refractivity contribution < 1.29 is 0 Å². The Kier molecular flexibility index (Phi) is 3.84. The lowest BCUT2D eigenvalue weighted by atomic mass is 10.1. The van der Waals surface area contributed by atoms with Crippen molar-refractivity contribution in [1.29, 1.82) is 0 Å². The fraction of sp³-hybridized carbons (Fsp3) is 0.214. The lowest BCUT2D eigenvalue weighted by Gasteiger charge is -2.06. The number of aromatic nitrogens is 3. The molecule has 0 atom stereocenters. The number of thioether (sulfide) groups is 1. The van der Waals surface area contributed by atoms with E-state index in [0.29, 0.717) is 0 Å². The van der Waals surface area contributed by atoms with Crippen LogP contribution in [0.2, 0.25) is 0 Å². The van der Waals surface area contributed by atoms with E-state index in [2.05, 4.69) is 21.3 Å². The van der Waals surface area contributed by atoms with E-state index in [-0.39, 0.29) is 0 Å². The Morgan fingerprint density at radius 3 is 3.00 bits per heavy atom. The Morgan fingerprint density at radius 1 is 1.30 bits per heavy atom. The van der Waals surface area contributed by atoms with Gasteiger partial charge in [0.2, 0.25) is 0 Å². The summed E-state index contributed by atoms with van der Waals surface area (Å²) in [4.78, 5) is 8.92. The molecule has 3 aromatic rings. The number of nitrogens with two attached hydrogens (primary N) is 1. The van der Waals surface area contributed by atoms with Crippen molar-refractivity contribution in [1.82, 2.24) is 14.3 Å². The van der Waals surface area contributed by atoms with Crippen LogP contribution in [-0.4, -0.2) is 14.3 Å². The van der Waals surface area contributed by atoms with Gasteiger partial charge in [-0.3, -0.25) is 4.98 Å². The number of aryl methyl sites for hydroxylation is 1. The van der Waals surface area contributed by atoms with Gasteiger partial charge in [-0.15, -0.1) is 0 Å². The number of fused-ring (bicyclic) bond motifs is 1. The Labute approximate surface area is 125 Å². The van der Waals surface area contributed by atoms with Gasteiger partial charge in [0.25, 0.3) is 0 Å². The van der Waals surface area contributed by atoms with Crippen LogP contribution < -0.4 is 5.73 Å². The molecule has 0 amide bonds. The molecule has 0 spiro atoms. The number of nitrogens with zero attached hydrogens (tertiary/aromatic N) is 3. The van der Waals surface area contributed by atoms with Gasteiger partial charge in [-0.05, 0) is 35.3 Å². The molecule has 2 aromatic heterocycles. The second-order valence-corrected chi connectivity index (χ2v) is 6.31. The highest BCUT2D eigenvalue weighted by Crippen LogP contribution is 2.29. The van der Waals surface area contributed by atoms with Crippen LogP contribution in [0.1, 0.15) is 18.3 Å². The van der Waals surface area contributed by atoms with Crippen molar-refractivity contribution in [3.05, 3.63) is 41.9 Å². The monoisotopic (exact) mass is 302 g/mol. The molecule has 6 heteroatoms. The van der Waals surface area contributed by atoms with Gasteiger partial charge in [-0.25, -0.2) is 4.98 Å². The van der Waals surface area contributed by atoms with Crippen molar-refractivity contribution >= 4 is 39.9 Å². The summed E-state index contributed by atoms with van der Waals surface area (Å²) in [5, 5.41) is 1.01. The van der Waals surface area contributed by atoms with E-state index >= 15 is 0 Å². The number of anilines is 1. The summed E-state index contributed by atoms with van der Waals surface area (Å²) in [6.45, 7) is 2.06. The Balaban J connectivity index is 1.86. The number of benzene rings is 1. The van der Waals surface area contributed by atoms with Crippen LogP contribution in [0, 0.1) is 0 Å². The molecule has 0 bridgehead atoms. The van der Waals surface area contributed by atoms with Gasteiger partial charge in [0.15, 0.2) is 4.34 Å². The summed E-state index contributed by atoms with van der Waals surface area (Å²) >= 11 is 3.15. The van der Waals surface area contributed by atoms with E-state index in [0.717, 1.165) is 38.9 Å². The lowest BCUT2D eigenvalue weighted by molar-refractivity contribution is 0.971. The first-order chi connectivity index (χ1) is 9.78. The Hall–Kier alpha value is -1.66. The van der Waals surface area contributed by atoms with E-state index in [1.165, 1.54) is 17.1 Å². The molecular formula is C14H14N4S2. The van der Waals surface area contributed by atoms with Crippen LogP contribution in [0.4, 0.5) is 5.69 Å². The normalized spacial score (nSPS) is 11.1. The second-order valence-electron chi connectivity index (χ2n) is 4.33. The summed E-state index contributed by atoms with van der Waals surface area (Å²) in [7, 11) is 0. The topological polar surface area (TPSA) is 64.7 Å². The molecule has 0 saturated carbocycles. The zero-order valence-corrected chi connectivity index (χ0v) is 12.7. The summed E-state index contributed by atoms with van der Waals surface area (Å²) in [6, 6.07) is 7.90. The van der Waals surface area contributed by atoms with Crippen molar-refractivity contribution in [3.8, 4) is 0 Å². The molecule has 0 aliphatic rings. The van der Waals surface area contributed by atoms with Crippen LogP contribution in [0.25, 0.3) is 10.9 Å². The molecule has 102 valence electrons. The molecular weight excluding hydrogens is 288 g/mol. The highest BCUT2D eigenvalue weighted by atomic mass is 32.2. The molecule has 0 radical (unpaired) electrons. The maximum atomic E-state index is 5.99. The summed E-state index contributed by atoms with van der Waals surface area (Å²) in [6.07, 6.45) is 2.68. The minimum atomic E-state index is 0.769. The highest BCUT2D eigenvalue weighted by Gasteiger charge is 2.08.